The maximum atomic E-state index is 9.47. The third-order valence-electron chi connectivity index (χ3n) is 6.62. The molecule has 0 radical (unpaired) electrons. The predicted octanol–water partition coefficient (Wildman–Crippen LogP) is 2.63. The van der Waals surface area contributed by atoms with Gasteiger partial charge in [-0.3, -0.25) is 9.67 Å². The van der Waals surface area contributed by atoms with Gasteiger partial charge in [-0.2, -0.15) is 10.1 Å². The fourth-order valence-corrected chi connectivity index (χ4v) is 4.71. The van der Waals surface area contributed by atoms with Crippen LogP contribution in [0.3, 0.4) is 0 Å². The summed E-state index contributed by atoms with van der Waals surface area (Å²) in [5, 5.41) is 17.5. The molecule has 184 valence electrons. The van der Waals surface area contributed by atoms with Crippen LogP contribution in [-0.2, 0) is 6.54 Å². The van der Waals surface area contributed by atoms with Crippen LogP contribution < -0.4 is 15.8 Å². The van der Waals surface area contributed by atoms with Crippen molar-refractivity contribution in [3.05, 3.63) is 29.7 Å². The minimum absolute atomic E-state index is 0.0809. The summed E-state index contributed by atoms with van der Waals surface area (Å²) in [6, 6.07) is 2.20. The van der Waals surface area contributed by atoms with Crippen LogP contribution >= 0.6 is 0 Å². The standard InChI is InChI=1S/C24H36N8O2/c1-4-5-18(8-11-33)28-23-22-19(29-24(25)30-23)14-27-32(22)15-20-21(34-3)12-17(13-26-20)16-6-9-31(2)10-7-16/h12-14,16,18,33H,4-11,15H2,1-3H3,(H3,25,28,29,30)/t18-/m0/s1. The number of aliphatic hydroxyl groups is 1. The molecule has 0 aromatic carbocycles. The molecule has 4 rings (SSSR count). The van der Waals surface area contributed by atoms with Gasteiger partial charge in [0.25, 0.3) is 0 Å². The van der Waals surface area contributed by atoms with Gasteiger partial charge < -0.3 is 25.8 Å². The SMILES string of the molecule is CCC[C@@H](CCO)Nc1nc(N)nc2cnn(Cc3ncc(C4CCN(C)CC4)cc3OC)c12. The molecule has 0 unspecified atom stereocenters. The van der Waals surface area contributed by atoms with Gasteiger partial charge in [-0.05, 0) is 63.4 Å². The summed E-state index contributed by atoms with van der Waals surface area (Å²) in [6.45, 7) is 4.84. The number of aliphatic hydroxyl groups excluding tert-OH is 1. The van der Waals surface area contributed by atoms with E-state index < -0.39 is 0 Å². The molecule has 10 nitrogen and oxygen atoms in total. The van der Waals surface area contributed by atoms with Gasteiger partial charge in [0, 0.05) is 18.8 Å². The van der Waals surface area contributed by atoms with Gasteiger partial charge in [-0.1, -0.05) is 13.3 Å². The Hall–Kier alpha value is -2.98. The molecule has 1 atom stereocenters. The molecule has 0 spiro atoms. The van der Waals surface area contributed by atoms with E-state index in [-0.39, 0.29) is 18.6 Å². The van der Waals surface area contributed by atoms with E-state index in [1.54, 1.807) is 13.3 Å². The Kier molecular flexibility index (Phi) is 7.79. The minimum atomic E-state index is 0.0809. The lowest BCUT2D eigenvalue weighted by atomic mass is 9.90. The molecule has 10 heteroatoms. The molecule has 1 fully saturated rings. The molecule has 0 bridgehead atoms. The van der Waals surface area contributed by atoms with Crippen molar-refractivity contribution in [1.29, 1.82) is 0 Å². The third kappa shape index (κ3) is 5.39. The maximum Gasteiger partial charge on any atom is 0.222 e. The zero-order valence-electron chi connectivity index (χ0n) is 20.4. The van der Waals surface area contributed by atoms with E-state index in [1.807, 2.05) is 10.9 Å². The zero-order chi connectivity index (χ0) is 24.1. The summed E-state index contributed by atoms with van der Waals surface area (Å²) in [6.07, 6.45) is 8.46. The minimum Gasteiger partial charge on any atom is -0.495 e. The molecule has 0 saturated carbocycles. The largest absolute Gasteiger partial charge is 0.495 e. The Morgan fingerprint density at radius 2 is 2.03 bits per heavy atom. The molecule has 1 saturated heterocycles. The Bertz CT molecular complexity index is 1090. The van der Waals surface area contributed by atoms with Gasteiger partial charge in [0.15, 0.2) is 5.82 Å². The van der Waals surface area contributed by atoms with Crippen molar-refractivity contribution in [1.82, 2.24) is 29.6 Å². The Morgan fingerprint density at radius 3 is 2.74 bits per heavy atom. The first kappa shape index (κ1) is 24.2. The molecule has 4 N–H and O–H groups in total. The first-order chi connectivity index (χ1) is 16.5. The number of rotatable bonds is 10. The summed E-state index contributed by atoms with van der Waals surface area (Å²) in [7, 11) is 3.85. The lowest BCUT2D eigenvalue weighted by Gasteiger charge is -2.29. The molecule has 3 aromatic rings. The van der Waals surface area contributed by atoms with Crippen LogP contribution in [0.25, 0.3) is 11.0 Å². The predicted molar refractivity (Wildman–Crippen MR) is 133 cm³/mol. The number of nitrogens with zero attached hydrogens (tertiary/aromatic N) is 6. The van der Waals surface area contributed by atoms with Crippen LogP contribution in [0, 0.1) is 0 Å². The second-order valence-corrected chi connectivity index (χ2v) is 9.10. The highest BCUT2D eigenvalue weighted by atomic mass is 16.5. The third-order valence-corrected chi connectivity index (χ3v) is 6.62. The van der Waals surface area contributed by atoms with Gasteiger partial charge in [0.2, 0.25) is 5.95 Å². The number of nitrogen functional groups attached to an aromatic ring is 1. The van der Waals surface area contributed by atoms with Crippen LogP contribution in [0.5, 0.6) is 5.75 Å². The second kappa shape index (κ2) is 11.0. The summed E-state index contributed by atoms with van der Waals surface area (Å²) in [5.74, 6) is 2.07. The van der Waals surface area contributed by atoms with Crippen molar-refractivity contribution in [2.45, 2.75) is 57.5 Å². The monoisotopic (exact) mass is 468 g/mol. The Balaban J connectivity index is 1.63. The second-order valence-electron chi connectivity index (χ2n) is 9.10. The van der Waals surface area contributed by atoms with Crippen LogP contribution in [0.2, 0.25) is 0 Å². The highest BCUT2D eigenvalue weighted by Gasteiger charge is 2.21. The van der Waals surface area contributed by atoms with Crippen molar-refractivity contribution in [3.63, 3.8) is 0 Å². The first-order valence-corrected chi connectivity index (χ1v) is 12.1. The number of likely N-dealkylation sites (tertiary alicyclic amines) is 1. The summed E-state index contributed by atoms with van der Waals surface area (Å²) in [5.41, 5.74) is 9.42. The summed E-state index contributed by atoms with van der Waals surface area (Å²) in [4.78, 5) is 16.0. The molecule has 0 aliphatic carbocycles. The number of aromatic nitrogens is 5. The van der Waals surface area contributed by atoms with E-state index in [2.05, 4.69) is 45.3 Å². The number of nitrogens with two attached hydrogens (primary N) is 1. The van der Waals surface area contributed by atoms with Gasteiger partial charge in [0.1, 0.15) is 22.5 Å². The van der Waals surface area contributed by atoms with Gasteiger partial charge in [0.05, 0.1) is 19.9 Å². The number of hydrogen-bond acceptors (Lipinski definition) is 9. The molecule has 1 aliphatic heterocycles. The number of hydrogen-bond donors (Lipinski definition) is 3. The lowest BCUT2D eigenvalue weighted by Crippen LogP contribution is -2.29. The number of methoxy groups -OCH3 is 1. The van der Waals surface area contributed by atoms with Crippen molar-refractivity contribution >= 4 is 22.8 Å². The smallest absolute Gasteiger partial charge is 0.222 e. The highest BCUT2D eigenvalue weighted by molar-refractivity contribution is 5.86. The van der Waals surface area contributed by atoms with Gasteiger partial charge in [-0.25, -0.2) is 4.98 Å². The average Bonchev–Trinajstić information content (AvgIpc) is 3.22. The number of fused-ring (bicyclic) bond motifs is 1. The molecular weight excluding hydrogens is 432 g/mol. The topological polar surface area (TPSA) is 127 Å². The molecular formula is C24H36N8O2. The Labute approximate surface area is 200 Å². The summed E-state index contributed by atoms with van der Waals surface area (Å²) < 4.78 is 7.56. The van der Waals surface area contributed by atoms with Crippen LogP contribution in [0.15, 0.2) is 18.5 Å². The van der Waals surface area contributed by atoms with E-state index in [9.17, 15) is 5.11 Å². The zero-order valence-corrected chi connectivity index (χ0v) is 20.4. The normalized spacial score (nSPS) is 16.1. The quantitative estimate of drug-likeness (QED) is 0.411. The molecule has 3 aromatic heterocycles. The molecule has 1 aliphatic rings. The average molecular weight is 469 g/mol. The fourth-order valence-electron chi connectivity index (χ4n) is 4.71. The summed E-state index contributed by atoms with van der Waals surface area (Å²) >= 11 is 0. The molecule has 0 amide bonds. The number of piperidine rings is 1. The van der Waals surface area contributed by atoms with Crippen molar-refractivity contribution in [2.24, 2.45) is 0 Å². The van der Waals surface area contributed by atoms with Crippen LogP contribution in [0.4, 0.5) is 11.8 Å². The van der Waals surface area contributed by atoms with E-state index in [1.165, 1.54) is 5.56 Å². The maximum absolute atomic E-state index is 9.47. The van der Waals surface area contributed by atoms with E-state index >= 15 is 0 Å². The number of pyridine rings is 1. The molecule has 4 heterocycles. The van der Waals surface area contributed by atoms with Crippen molar-refractivity contribution in [2.75, 3.05) is 44.9 Å². The Morgan fingerprint density at radius 1 is 1.24 bits per heavy atom. The fraction of sp³-hybridized carbons (Fsp3) is 0.583. The van der Waals surface area contributed by atoms with E-state index in [0.717, 1.165) is 55.7 Å². The van der Waals surface area contributed by atoms with Crippen molar-refractivity contribution < 1.29 is 9.84 Å². The number of anilines is 2. The number of ether oxygens (including phenoxy) is 1. The first-order valence-electron chi connectivity index (χ1n) is 12.1. The number of nitrogens with one attached hydrogen (secondary N) is 1. The molecule has 34 heavy (non-hydrogen) atoms. The van der Waals surface area contributed by atoms with Gasteiger partial charge >= 0.3 is 0 Å². The lowest BCUT2D eigenvalue weighted by molar-refractivity contribution is 0.255. The van der Waals surface area contributed by atoms with Gasteiger partial charge in [-0.15, -0.1) is 0 Å². The van der Waals surface area contributed by atoms with Crippen molar-refractivity contribution in [3.8, 4) is 5.75 Å². The van der Waals surface area contributed by atoms with E-state index in [4.69, 9.17) is 15.5 Å². The van der Waals surface area contributed by atoms with Crippen LogP contribution in [-0.4, -0.2) is 74.6 Å². The van der Waals surface area contributed by atoms with E-state index in [0.29, 0.717) is 30.2 Å². The highest BCUT2D eigenvalue weighted by Crippen LogP contribution is 2.31. The van der Waals surface area contributed by atoms with Crippen LogP contribution in [0.1, 0.15) is 56.2 Å².